The Bertz CT molecular complexity index is 1490. The van der Waals surface area contributed by atoms with Crippen molar-refractivity contribution in [3.05, 3.63) is 84.0 Å². The first-order valence-electron chi connectivity index (χ1n) is 10.2. The van der Waals surface area contributed by atoms with Crippen molar-refractivity contribution >= 4 is 33.0 Å². The van der Waals surface area contributed by atoms with E-state index in [4.69, 9.17) is 21.1 Å². The van der Waals surface area contributed by atoms with E-state index in [1.165, 1.54) is 10.6 Å². The van der Waals surface area contributed by atoms with Crippen LogP contribution in [0.3, 0.4) is 0 Å². The average molecular weight is 496 g/mol. The van der Waals surface area contributed by atoms with Gasteiger partial charge in [-0.2, -0.15) is 0 Å². The van der Waals surface area contributed by atoms with Gasteiger partial charge in [0.05, 0.1) is 5.69 Å². The van der Waals surface area contributed by atoms with Crippen LogP contribution in [-0.4, -0.2) is 36.4 Å². The highest BCUT2D eigenvalue weighted by Crippen LogP contribution is 2.36. The molecule has 0 spiro atoms. The van der Waals surface area contributed by atoms with Gasteiger partial charge in [0.25, 0.3) is 0 Å². The summed E-state index contributed by atoms with van der Waals surface area (Å²) >= 11 is 5.94. The number of benzene rings is 3. The molecule has 3 aromatic carbocycles. The van der Waals surface area contributed by atoms with Crippen molar-refractivity contribution in [2.24, 2.45) is 0 Å². The highest BCUT2D eigenvalue weighted by molar-refractivity contribution is 7.92. The maximum Gasteiger partial charge on any atom is 0.240 e. The molecule has 1 N–H and O–H groups in total. The Balaban J connectivity index is 1.50. The van der Waals surface area contributed by atoms with Gasteiger partial charge in [0.15, 0.2) is 11.5 Å². The predicted molar refractivity (Wildman–Crippen MR) is 127 cm³/mol. The quantitative estimate of drug-likeness (QED) is 0.427. The van der Waals surface area contributed by atoms with Crippen LogP contribution in [0.2, 0.25) is 5.02 Å². The van der Waals surface area contributed by atoms with Crippen LogP contribution in [0.25, 0.3) is 16.9 Å². The van der Waals surface area contributed by atoms with Crippen LogP contribution in [0.4, 0.5) is 5.69 Å². The monoisotopic (exact) mass is 495 g/mol. The Morgan fingerprint density at radius 1 is 1.00 bits per heavy atom. The molecule has 0 unspecified atom stereocenters. The lowest BCUT2D eigenvalue weighted by atomic mass is 10.1. The highest BCUT2D eigenvalue weighted by atomic mass is 35.5. The molecule has 8 nitrogen and oxygen atoms in total. The number of para-hydroxylation sites is 1. The van der Waals surface area contributed by atoms with Crippen molar-refractivity contribution in [2.45, 2.75) is 5.16 Å². The van der Waals surface area contributed by atoms with Gasteiger partial charge in [0.2, 0.25) is 27.7 Å². The summed E-state index contributed by atoms with van der Waals surface area (Å²) in [5.41, 5.74) is 2.06. The zero-order valence-corrected chi connectivity index (χ0v) is 19.2. The Labute approximate surface area is 200 Å². The second-order valence-corrected chi connectivity index (χ2v) is 9.82. The molecule has 1 aliphatic rings. The number of rotatable bonds is 6. The molecule has 1 aromatic heterocycles. The number of imidazole rings is 1. The number of hydrogen-bond donors (Lipinski definition) is 1. The van der Waals surface area contributed by atoms with Crippen molar-refractivity contribution in [1.82, 2.24) is 9.55 Å². The Morgan fingerprint density at radius 2 is 1.79 bits per heavy atom. The van der Waals surface area contributed by atoms with Gasteiger partial charge in [0, 0.05) is 28.2 Å². The fraction of sp³-hybridized carbons (Fsp3) is 0.0833. The summed E-state index contributed by atoms with van der Waals surface area (Å²) in [4.78, 5) is 17.0. The van der Waals surface area contributed by atoms with Crippen LogP contribution in [0.15, 0.2) is 84.1 Å². The van der Waals surface area contributed by atoms with E-state index in [0.29, 0.717) is 39.2 Å². The molecule has 0 fully saturated rings. The summed E-state index contributed by atoms with van der Waals surface area (Å²) in [6.07, 6.45) is 1.62. The van der Waals surface area contributed by atoms with Crippen LogP contribution >= 0.6 is 11.6 Å². The lowest BCUT2D eigenvalue weighted by Crippen LogP contribution is -2.25. The van der Waals surface area contributed by atoms with Crippen LogP contribution in [0.1, 0.15) is 0 Å². The summed E-state index contributed by atoms with van der Waals surface area (Å²) in [5, 5.41) is 2.75. The zero-order chi connectivity index (χ0) is 23.7. The molecular formula is C24H18ClN3O5S. The number of sulfone groups is 1. The lowest BCUT2D eigenvalue weighted by molar-refractivity contribution is -0.113. The van der Waals surface area contributed by atoms with E-state index in [2.05, 4.69) is 10.3 Å². The van der Waals surface area contributed by atoms with Gasteiger partial charge in [-0.3, -0.25) is 9.36 Å². The summed E-state index contributed by atoms with van der Waals surface area (Å²) in [6.45, 7) is 0.124. The lowest BCUT2D eigenvalue weighted by Gasteiger charge is -2.09. The largest absolute Gasteiger partial charge is 0.454 e. The van der Waals surface area contributed by atoms with Gasteiger partial charge >= 0.3 is 0 Å². The van der Waals surface area contributed by atoms with Crippen LogP contribution in [0, 0.1) is 0 Å². The van der Waals surface area contributed by atoms with Crippen molar-refractivity contribution in [2.75, 3.05) is 17.9 Å². The Hall–Kier alpha value is -3.82. The van der Waals surface area contributed by atoms with E-state index < -0.39 is 21.5 Å². The van der Waals surface area contributed by atoms with Crippen molar-refractivity contribution in [1.29, 1.82) is 0 Å². The third-order valence-electron chi connectivity index (χ3n) is 5.08. The van der Waals surface area contributed by atoms with Crippen LogP contribution in [0.5, 0.6) is 11.5 Å². The first-order valence-corrected chi connectivity index (χ1v) is 12.3. The SMILES string of the molecule is O=C(CS(=O)(=O)c1nc(-c2ccc3c(c2)OCO3)cn1-c1ccccc1)Nc1cccc(Cl)c1. The van der Waals surface area contributed by atoms with Gasteiger partial charge < -0.3 is 14.8 Å². The number of carbonyl (C=O) groups excluding carboxylic acids is 1. The predicted octanol–water partition coefficient (Wildman–Crippen LogP) is 4.33. The summed E-state index contributed by atoms with van der Waals surface area (Å²) in [7, 11) is -4.12. The number of hydrogen-bond acceptors (Lipinski definition) is 6. The third kappa shape index (κ3) is 4.48. The molecule has 0 bridgehead atoms. The Kier molecular flexibility index (Phi) is 5.72. The number of nitrogens with one attached hydrogen (secondary N) is 1. The Morgan fingerprint density at radius 3 is 2.59 bits per heavy atom. The van der Waals surface area contributed by atoms with Gasteiger partial charge in [-0.25, -0.2) is 13.4 Å². The minimum atomic E-state index is -4.12. The van der Waals surface area contributed by atoms with Crippen LogP contribution in [-0.2, 0) is 14.6 Å². The third-order valence-corrected chi connectivity index (χ3v) is 6.81. The van der Waals surface area contributed by atoms with Crippen molar-refractivity contribution < 1.29 is 22.7 Å². The number of nitrogens with zero attached hydrogens (tertiary/aromatic N) is 2. The molecular weight excluding hydrogens is 478 g/mol. The smallest absolute Gasteiger partial charge is 0.240 e. The second-order valence-electron chi connectivity index (χ2n) is 7.50. The first-order chi connectivity index (χ1) is 16.4. The molecule has 0 radical (unpaired) electrons. The summed E-state index contributed by atoms with van der Waals surface area (Å²) in [6, 6.07) is 20.7. The fourth-order valence-corrected chi connectivity index (χ4v) is 4.98. The maximum absolute atomic E-state index is 13.3. The normalized spacial score (nSPS) is 12.5. The average Bonchev–Trinajstić information content (AvgIpc) is 3.46. The molecule has 10 heteroatoms. The number of anilines is 1. The summed E-state index contributed by atoms with van der Waals surface area (Å²) < 4.78 is 38.9. The van der Waals surface area contributed by atoms with E-state index in [0.717, 1.165) is 0 Å². The minimum absolute atomic E-state index is 0.124. The molecule has 1 amide bonds. The molecule has 0 atom stereocenters. The molecule has 0 saturated heterocycles. The molecule has 5 rings (SSSR count). The number of aromatic nitrogens is 2. The number of fused-ring (bicyclic) bond motifs is 1. The first kappa shape index (κ1) is 22.0. The molecule has 172 valence electrons. The fourth-order valence-electron chi connectivity index (χ4n) is 3.55. The summed E-state index contributed by atoms with van der Waals surface area (Å²) in [5.74, 6) is -0.326. The van der Waals surface area contributed by atoms with E-state index in [-0.39, 0.29) is 11.9 Å². The molecule has 1 aliphatic heterocycles. The van der Waals surface area contributed by atoms with Gasteiger partial charge in [-0.15, -0.1) is 0 Å². The van der Waals surface area contributed by atoms with Crippen LogP contribution < -0.4 is 14.8 Å². The second kappa shape index (κ2) is 8.85. The highest BCUT2D eigenvalue weighted by Gasteiger charge is 2.27. The zero-order valence-electron chi connectivity index (χ0n) is 17.6. The van der Waals surface area contributed by atoms with Gasteiger partial charge in [-0.05, 0) is 48.5 Å². The number of amides is 1. The number of ether oxygens (including phenoxy) is 2. The van der Waals surface area contributed by atoms with E-state index >= 15 is 0 Å². The van der Waals surface area contributed by atoms with E-state index in [1.54, 1.807) is 66.9 Å². The van der Waals surface area contributed by atoms with Gasteiger partial charge in [0.1, 0.15) is 5.75 Å². The van der Waals surface area contributed by atoms with E-state index in [1.807, 2.05) is 6.07 Å². The number of carbonyl (C=O) groups is 1. The standard InChI is InChI=1S/C24H18ClN3O5S/c25-17-5-4-6-18(12-17)26-23(29)14-34(30,31)24-27-20(13-28(24)19-7-2-1-3-8-19)16-9-10-21-22(11-16)33-15-32-21/h1-13H,14-15H2,(H,26,29). The van der Waals surface area contributed by atoms with E-state index in [9.17, 15) is 13.2 Å². The molecule has 4 aromatic rings. The van der Waals surface area contributed by atoms with Gasteiger partial charge in [-0.1, -0.05) is 35.9 Å². The maximum atomic E-state index is 13.3. The molecule has 2 heterocycles. The molecule has 0 aliphatic carbocycles. The minimum Gasteiger partial charge on any atom is -0.454 e. The molecule has 0 saturated carbocycles. The number of halogens is 1. The topological polar surface area (TPSA) is 99.5 Å². The molecule has 34 heavy (non-hydrogen) atoms. The van der Waals surface area contributed by atoms with Crippen molar-refractivity contribution in [3.63, 3.8) is 0 Å². The van der Waals surface area contributed by atoms with Crippen molar-refractivity contribution in [3.8, 4) is 28.4 Å².